The van der Waals surface area contributed by atoms with Crippen molar-refractivity contribution in [2.24, 2.45) is 0 Å². The molecule has 2 rings (SSSR count). The number of hydrogen-bond donors (Lipinski definition) is 0. The number of aromatic nitrogens is 2. The molecule has 4 nitrogen and oxygen atoms in total. The summed E-state index contributed by atoms with van der Waals surface area (Å²) >= 11 is 0. The van der Waals surface area contributed by atoms with Crippen LogP contribution in [0.3, 0.4) is 0 Å². The molecule has 20 heavy (non-hydrogen) atoms. The van der Waals surface area contributed by atoms with Crippen molar-refractivity contribution in [2.45, 2.75) is 38.8 Å². The Hall–Kier alpha value is -1.64. The number of hydrogen-bond acceptors (Lipinski definition) is 3. The Kier molecular flexibility index (Phi) is 4.58. The zero-order valence-electron chi connectivity index (χ0n) is 12.4. The van der Waals surface area contributed by atoms with Gasteiger partial charge in [0.15, 0.2) is 0 Å². The van der Waals surface area contributed by atoms with Crippen LogP contribution in [0, 0.1) is 11.3 Å². The van der Waals surface area contributed by atoms with Gasteiger partial charge >= 0.3 is 0 Å². The van der Waals surface area contributed by atoms with Crippen LogP contribution >= 0.6 is 0 Å². The molecule has 0 unspecified atom stereocenters. The van der Waals surface area contributed by atoms with Crippen molar-refractivity contribution < 1.29 is 4.74 Å². The maximum atomic E-state index is 8.88. The highest BCUT2D eigenvalue weighted by Gasteiger charge is 2.13. The molecule has 2 aromatic rings. The fraction of sp³-hybridized carbons (Fsp3) is 0.467. The van der Waals surface area contributed by atoms with Crippen LogP contribution in [0.2, 0.25) is 25.7 Å². The van der Waals surface area contributed by atoms with Crippen LogP contribution in [0.1, 0.15) is 5.56 Å². The average Bonchev–Trinajstić information content (AvgIpc) is 2.73. The standard InChI is InChI=1S/C15H21N3OSi/c1-20(2,3)10-9-19-12-18-11-13(6-7-16)15-14(18)5-4-8-17-15/h4-5,8,11H,6,9-10,12H2,1-3H3. The number of rotatable bonds is 6. The van der Waals surface area contributed by atoms with E-state index in [9.17, 15) is 0 Å². The first-order valence-electron chi connectivity index (χ1n) is 6.89. The number of fused-ring (bicyclic) bond motifs is 1. The third-order valence-electron chi connectivity index (χ3n) is 3.21. The molecule has 2 heterocycles. The molecule has 0 aliphatic heterocycles. The predicted molar refractivity (Wildman–Crippen MR) is 83.2 cm³/mol. The van der Waals surface area contributed by atoms with Gasteiger partial charge in [0.25, 0.3) is 0 Å². The molecular weight excluding hydrogens is 266 g/mol. The summed E-state index contributed by atoms with van der Waals surface area (Å²) in [7, 11) is -1.05. The van der Waals surface area contributed by atoms with Gasteiger partial charge in [-0.15, -0.1) is 0 Å². The summed E-state index contributed by atoms with van der Waals surface area (Å²) in [4.78, 5) is 4.37. The normalized spacial score (nSPS) is 11.7. The summed E-state index contributed by atoms with van der Waals surface area (Å²) < 4.78 is 7.82. The van der Waals surface area contributed by atoms with Gasteiger partial charge in [-0.1, -0.05) is 19.6 Å². The Labute approximate surface area is 121 Å². The van der Waals surface area contributed by atoms with Crippen molar-refractivity contribution in [3.63, 3.8) is 0 Å². The van der Waals surface area contributed by atoms with E-state index in [1.54, 1.807) is 6.20 Å². The largest absolute Gasteiger partial charge is 0.361 e. The van der Waals surface area contributed by atoms with Crippen LogP contribution in [0.5, 0.6) is 0 Å². The summed E-state index contributed by atoms with van der Waals surface area (Å²) in [6.07, 6.45) is 4.13. The highest BCUT2D eigenvalue weighted by atomic mass is 28.3. The van der Waals surface area contributed by atoms with Crippen molar-refractivity contribution in [1.82, 2.24) is 9.55 Å². The molecular formula is C15H21N3OSi. The van der Waals surface area contributed by atoms with Crippen LogP contribution in [0.4, 0.5) is 0 Å². The summed E-state index contributed by atoms with van der Waals surface area (Å²) in [6, 6.07) is 7.28. The SMILES string of the molecule is C[Si](C)(C)CCOCn1cc(CC#N)c2ncccc21. The fourth-order valence-electron chi connectivity index (χ4n) is 2.06. The van der Waals surface area contributed by atoms with Gasteiger partial charge in [0, 0.05) is 32.6 Å². The lowest BCUT2D eigenvalue weighted by molar-refractivity contribution is 0.0901. The van der Waals surface area contributed by atoms with Crippen molar-refractivity contribution in [2.75, 3.05) is 6.61 Å². The quantitative estimate of drug-likeness (QED) is 0.604. The first kappa shape index (κ1) is 14.8. The van der Waals surface area contributed by atoms with Gasteiger partial charge < -0.3 is 9.30 Å². The Morgan fingerprint density at radius 1 is 1.40 bits per heavy atom. The van der Waals surface area contributed by atoms with E-state index in [1.807, 2.05) is 22.9 Å². The Morgan fingerprint density at radius 3 is 2.90 bits per heavy atom. The zero-order chi connectivity index (χ0) is 14.6. The average molecular weight is 287 g/mol. The summed E-state index contributed by atoms with van der Waals surface area (Å²) in [6.45, 7) is 8.35. The molecule has 0 N–H and O–H groups in total. The van der Waals surface area contributed by atoms with E-state index < -0.39 is 8.07 Å². The Morgan fingerprint density at radius 2 is 2.20 bits per heavy atom. The lowest BCUT2D eigenvalue weighted by Gasteiger charge is -2.15. The van der Waals surface area contributed by atoms with Crippen molar-refractivity contribution in [3.8, 4) is 6.07 Å². The minimum atomic E-state index is -1.05. The van der Waals surface area contributed by atoms with Crippen LogP contribution in [0.15, 0.2) is 24.5 Å². The van der Waals surface area contributed by atoms with Gasteiger partial charge in [-0.3, -0.25) is 4.98 Å². The Balaban J connectivity index is 2.08. The van der Waals surface area contributed by atoms with E-state index in [1.165, 1.54) is 0 Å². The first-order chi connectivity index (χ1) is 9.51. The predicted octanol–water partition coefficient (Wildman–Crippen LogP) is 3.41. The van der Waals surface area contributed by atoms with E-state index in [4.69, 9.17) is 10.00 Å². The minimum Gasteiger partial charge on any atom is -0.361 e. The van der Waals surface area contributed by atoms with E-state index in [0.717, 1.165) is 29.2 Å². The van der Waals surface area contributed by atoms with E-state index in [-0.39, 0.29) is 0 Å². The third kappa shape index (κ3) is 3.68. The van der Waals surface area contributed by atoms with Gasteiger partial charge in [-0.25, -0.2) is 0 Å². The molecule has 0 spiro atoms. The molecule has 0 aliphatic rings. The molecule has 2 aromatic heterocycles. The lowest BCUT2D eigenvalue weighted by atomic mass is 10.2. The smallest absolute Gasteiger partial charge is 0.122 e. The van der Waals surface area contributed by atoms with Gasteiger partial charge in [0.1, 0.15) is 6.73 Å². The second-order valence-electron chi connectivity index (χ2n) is 6.18. The molecule has 0 atom stereocenters. The topological polar surface area (TPSA) is 50.8 Å². The number of nitriles is 1. The molecule has 106 valence electrons. The first-order valence-corrected chi connectivity index (χ1v) is 10.6. The molecule has 5 heteroatoms. The second kappa shape index (κ2) is 6.20. The highest BCUT2D eigenvalue weighted by molar-refractivity contribution is 6.76. The van der Waals surface area contributed by atoms with Gasteiger partial charge in [-0.05, 0) is 18.2 Å². The lowest BCUT2D eigenvalue weighted by Crippen LogP contribution is -2.21. The maximum absolute atomic E-state index is 8.88. The highest BCUT2D eigenvalue weighted by Crippen LogP contribution is 2.19. The number of ether oxygens (including phenoxy) is 1. The molecule has 0 saturated carbocycles. The molecule has 0 amide bonds. The van der Waals surface area contributed by atoms with Crippen molar-refractivity contribution in [3.05, 3.63) is 30.1 Å². The van der Waals surface area contributed by atoms with E-state index in [0.29, 0.717) is 13.2 Å². The van der Waals surface area contributed by atoms with Gasteiger partial charge in [0.05, 0.1) is 23.5 Å². The van der Waals surface area contributed by atoms with Gasteiger partial charge in [0.2, 0.25) is 0 Å². The van der Waals surface area contributed by atoms with Crippen molar-refractivity contribution in [1.29, 1.82) is 5.26 Å². The summed E-state index contributed by atoms with van der Waals surface area (Å²) in [5, 5.41) is 8.88. The summed E-state index contributed by atoms with van der Waals surface area (Å²) in [5.41, 5.74) is 2.91. The number of nitrogens with zero attached hydrogens (tertiary/aromatic N) is 3. The van der Waals surface area contributed by atoms with Gasteiger partial charge in [-0.2, -0.15) is 5.26 Å². The van der Waals surface area contributed by atoms with Crippen molar-refractivity contribution >= 4 is 19.1 Å². The molecule has 0 aromatic carbocycles. The van der Waals surface area contributed by atoms with Crippen LogP contribution in [0.25, 0.3) is 11.0 Å². The number of pyridine rings is 1. The summed E-state index contributed by atoms with van der Waals surface area (Å²) in [5.74, 6) is 0. The Bertz CT molecular complexity index is 622. The monoisotopic (exact) mass is 287 g/mol. The molecule has 0 saturated heterocycles. The van der Waals surface area contributed by atoms with E-state index >= 15 is 0 Å². The molecule has 0 aliphatic carbocycles. The second-order valence-corrected chi connectivity index (χ2v) is 11.8. The van der Waals surface area contributed by atoms with E-state index in [2.05, 4.69) is 30.7 Å². The molecule has 0 fully saturated rings. The third-order valence-corrected chi connectivity index (χ3v) is 4.91. The minimum absolute atomic E-state index is 0.384. The molecule has 0 radical (unpaired) electrons. The van der Waals surface area contributed by atoms with Crippen LogP contribution < -0.4 is 0 Å². The zero-order valence-corrected chi connectivity index (χ0v) is 13.4. The maximum Gasteiger partial charge on any atom is 0.122 e. The fourth-order valence-corrected chi connectivity index (χ4v) is 2.81. The molecule has 0 bridgehead atoms. The van der Waals surface area contributed by atoms with Crippen LogP contribution in [-0.4, -0.2) is 24.2 Å². The van der Waals surface area contributed by atoms with Crippen LogP contribution in [-0.2, 0) is 17.9 Å².